The second-order valence-corrected chi connectivity index (χ2v) is 5.76. The zero-order valence-electron chi connectivity index (χ0n) is 12.8. The lowest BCUT2D eigenvalue weighted by molar-refractivity contribution is 0.0623. The highest BCUT2D eigenvalue weighted by Crippen LogP contribution is 2.29. The molecule has 1 aliphatic rings. The van der Waals surface area contributed by atoms with Crippen LogP contribution in [0.3, 0.4) is 0 Å². The number of piperazine rings is 1. The number of amides is 1. The number of benzene rings is 1. The summed E-state index contributed by atoms with van der Waals surface area (Å²) < 4.78 is 10.1. The lowest BCUT2D eigenvalue weighted by Gasteiger charge is -2.36. The van der Waals surface area contributed by atoms with Gasteiger partial charge in [-0.3, -0.25) is 4.79 Å². The summed E-state index contributed by atoms with van der Waals surface area (Å²) in [6.45, 7) is 2.25. The highest BCUT2D eigenvalue weighted by Gasteiger charge is 2.31. The Kier molecular flexibility index (Phi) is 4.95. The number of hydrogen-bond donors (Lipinski definition) is 1. The number of carbonyl (C=O) groups is 1. The summed E-state index contributed by atoms with van der Waals surface area (Å²) in [6.07, 6.45) is 0. The molecule has 23 heavy (non-hydrogen) atoms. The van der Waals surface area contributed by atoms with Crippen molar-refractivity contribution in [1.29, 1.82) is 0 Å². The fourth-order valence-corrected chi connectivity index (χ4v) is 3.00. The molecule has 3 rings (SSSR count). The van der Waals surface area contributed by atoms with Gasteiger partial charge in [-0.25, -0.2) is 0 Å². The van der Waals surface area contributed by atoms with Crippen LogP contribution < -0.4 is 5.32 Å². The normalized spacial score (nSPS) is 18.2. The maximum atomic E-state index is 12.8. The molecular formula is C16H18ClN3O3. The summed E-state index contributed by atoms with van der Waals surface area (Å²) in [5.74, 6) is 0.364. The molecule has 0 spiro atoms. The van der Waals surface area contributed by atoms with Gasteiger partial charge in [0.2, 0.25) is 0 Å². The van der Waals surface area contributed by atoms with Crippen LogP contribution in [-0.2, 0) is 11.3 Å². The Morgan fingerprint density at radius 3 is 3.13 bits per heavy atom. The van der Waals surface area contributed by atoms with E-state index in [0.717, 1.165) is 12.1 Å². The Balaban J connectivity index is 1.86. The monoisotopic (exact) mass is 335 g/mol. The lowest BCUT2D eigenvalue weighted by Crippen LogP contribution is -2.48. The van der Waals surface area contributed by atoms with Gasteiger partial charge in [0.25, 0.3) is 5.91 Å². The van der Waals surface area contributed by atoms with Crippen molar-refractivity contribution in [2.45, 2.75) is 12.6 Å². The Hall–Kier alpha value is -1.89. The van der Waals surface area contributed by atoms with E-state index in [2.05, 4.69) is 10.5 Å². The predicted octanol–water partition coefficient (Wildman–Crippen LogP) is 2.26. The molecular weight excluding hydrogens is 318 g/mol. The molecule has 2 aromatic rings. The lowest BCUT2D eigenvalue weighted by atomic mass is 10.0. The average molecular weight is 336 g/mol. The highest BCUT2D eigenvalue weighted by molar-refractivity contribution is 6.31. The minimum absolute atomic E-state index is 0.132. The van der Waals surface area contributed by atoms with E-state index in [4.69, 9.17) is 20.9 Å². The van der Waals surface area contributed by atoms with Crippen LogP contribution >= 0.6 is 11.6 Å². The van der Waals surface area contributed by atoms with E-state index >= 15 is 0 Å². The third-order valence-electron chi connectivity index (χ3n) is 3.83. The summed E-state index contributed by atoms with van der Waals surface area (Å²) in [5.41, 5.74) is 1.21. The number of halogens is 1. The number of nitrogens with one attached hydrogen (secondary N) is 1. The van der Waals surface area contributed by atoms with Crippen LogP contribution in [0.25, 0.3) is 0 Å². The first-order valence-corrected chi connectivity index (χ1v) is 7.79. The summed E-state index contributed by atoms with van der Waals surface area (Å²) in [5, 5.41) is 7.82. The molecule has 1 aliphatic heterocycles. The Bertz CT molecular complexity index is 689. The minimum atomic E-state index is -0.164. The molecule has 1 unspecified atom stereocenters. The van der Waals surface area contributed by atoms with Gasteiger partial charge < -0.3 is 19.5 Å². The number of hydrogen-bond acceptors (Lipinski definition) is 5. The molecule has 6 nitrogen and oxygen atoms in total. The molecule has 7 heteroatoms. The van der Waals surface area contributed by atoms with Gasteiger partial charge >= 0.3 is 0 Å². The summed E-state index contributed by atoms with van der Waals surface area (Å²) in [7, 11) is 1.56. The molecule has 1 saturated heterocycles. The largest absolute Gasteiger partial charge is 0.377 e. The fraction of sp³-hybridized carbons (Fsp3) is 0.375. The van der Waals surface area contributed by atoms with Crippen LogP contribution in [-0.4, -0.2) is 42.7 Å². The minimum Gasteiger partial charge on any atom is -0.377 e. The SMILES string of the molecule is COCc1cc(C(=O)N2CCNCC2c2ccccc2Cl)no1. The van der Waals surface area contributed by atoms with E-state index in [0.29, 0.717) is 23.9 Å². The van der Waals surface area contributed by atoms with Crippen LogP contribution in [0, 0.1) is 0 Å². The standard InChI is InChI=1S/C16H18ClN3O3/c1-22-10-11-8-14(19-23-11)16(21)20-7-6-18-9-15(20)12-4-2-3-5-13(12)17/h2-5,8,15,18H,6-7,9-10H2,1H3. The fourth-order valence-electron chi connectivity index (χ4n) is 2.74. The van der Waals surface area contributed by atoms with Crippen LogP contribution in [0.15, 0.2) is 34.9 Å². The molecule has 0 aliphatic carbocycles. The maximum absolute atomic E-state index is 12.8. The topological polar surface area (TPSA) is 67.6 Å². The predicted molar refractivity (Wildman–Crippen MR) is 85.3 cm³/mol. The highest BCUT2D eigenvalue weighted by atomic mass is 35.5. The molecule has 0 saturated carbocycles. The van der Waals surface area contributed by atoms with Gasteiger partial charge in [-0.1, -0.05) is 35.0 Å². The second kappa shape index (κ2) is 7.12. The van der Waals surface area contributed by atoms with E-state index in [-0.39, 0.29) is 24.2 Å². The van der Waals surface area contributed by atoms with Crippen LogP contribution in [0.5, 0.6) is 0 Å². The number of methoxy groups -OCH3 is 1. The molecule has 0 bridgehead atoms. The van der Waals surface area contributed by atoms with Crippen LogP contribution in [0.4, 0.5) is 0 Å². The van der Waals surface area contributed by atoms with E-state index in [1.54, 1.807) is 18.1 Å². The van der Waals surface area contributed by atoms with Crippen LogP contribution in [0.2, 0.25) is 5.02 Å². The summed E-state index contributed by atoms with van der Waals surface area (Å²) in [4.78, 5) is 14.6. The summed E-state index contributed by atoms with van der Waals surface area (Å²) in [6, 6.07) is 9.07. The molecule has 1 fully saturated rings. The maximum Gasteiger partial charge on any atom is 0.276 e. The Morgan fingerprint density at radius 1 is 1.52 bits per heavy atom. The van der Waals surface area contributed by atoms with Gasteiger partial charge in [0.15, 0.2) is 11.5 Å². The molecule has 122 valence electrons. The third-order valence-corrected chi connectivity index (χ3v) is 4.18. The van der Waals surface area contributed by atoms with E-state index in [1.807, 2.05) is 24.3 Å². The van der Waals surface area contributed by atoms with Crippen molar-refractivity contribution in [1.82, 2.24) is 15.4 Å². The number of nitrogens with zero attached hydrogens (tertiary/aromatic N) is 2. The molecule has 2 heterocycles. The zero-order chi connectivity index (χ0) is 16.2. The van der Waals surface area contributed by atoms with Gasteiger partial charge in [0.1, 0.15) is 6.61 Å². The van der Waals surface area contributed by atoms with E-state index in [1.165, 1.54) is 0 Å². The van der Waals surface area contributed by atoms with Gasteiger partial charge in [-0.15, -0.1) is 0 Å². The molecule has 1 aromatic carbocycles. The van der Waals surface area contributed by atoms with Crippen molar-refractivity contribution in [2.75, 3.05) is 26.7 Å². The molecule has 1 aromatic heterocycles. The molecule has 0 radical (unpaired) electrons. The van der Waals surface area contributed by atoms with Crippen molar-refractivity contribution in [3.63, 3.8) is 0 Å². The van der Waals surface area contributed by atoms with Crippen molar-refractivity contribution >= 4 is 17.5 Å². The number of carbonyl (C=O) groups excluding carboxylic acids is 1. The first kappa shape index (κ1) is 16.0. The molecule has 1 N–H and O–H groups in total. The van der Waals surface area contributed by atoms with Crippen molar-refractivity contribution in [3.05, 3.63) is 52.4 Å². The van der Waals surface area contributed by atoms with E-state index < -0.39 is 0 Å². The van der Waals surface area contributed by atoms with Gasteiger partial charge in [-0.05, 0) is 11.6 Å². The number of ether oxygens (including phenoxy) is 1. The number of rotatable bonds is 4. The number of aromatic nitrogens is 1. The average Bonchev–Trinajstić information content (AvgIpc) is 3.04. The van der Waals surface area contributed by atoms with Gasteiger partial charge in [-0.2, -0.15) is 0 Å². The zero-order valence-corrected chi connectivity index (χ0v) is 13.5. The van der Waals surface area contributed by atoms with Gasteiger partial charge in [0.05, 0.1) is 6.04 Å². The van der Waals surface area contributed by atoms with Crippen LogP contribution in [0.1, 0.15) is 27.9 Å². The van der Waals surface area contributed by atoms with E-state index in [9.17, 15) is 4.79 Å². The van der Waals surface area contributed by atoms with Crippen molar-refractivity contribution < 1.29 is 14.1 Å². The third kappa shape index (κ3) is 3.39. The molecule has 1 atom stereocenters. The van der Waals surface area contributed by atoms with Crippen molar-refractivity contribution in [3.8, 4) is 0 Å². The first-order valence-electron chi connectivity index (χ1n) is 7.41. The van der Waals surface area contributed by atoms with Crippen molar-refractivity contribution in [2.24, 2.45) is 0 Å². The summed E-state index contributed by atoms with van der Waals surface area (Å²) >= 11 is 6.30. The molecule has 1 amide bonds. The second-order valence-electron chi connectivity index (χ2n) is 5.35. The van der Waals surface area contributed by atoms with Gasteiger partial charge in [0, 0.05) is 37.8 Å². The smallest absolute Gasteiger partial charge is 0.276 e. The first-order chi connectivity index (χ1) is 11.2. The Labute approximate surface area is 139 Å². The quantitative estimate of drug-likeness (QED) is 0.928. The Morgan fingerprint density at radius 2 is 2.35 bits per heavy atom.